The molecule has 0 unspecified atom stereocenters. The Labute approximate surface area is 213 Å². The summed E-state index contributed by atoms with van der Waals surface area (Å²) in [4.78, 5) is 12.6. The van der Waals surface area contributed by atoms with Crippen LogP contribution in [0.4, 0.5) is 10.5 Å². The zero-order valence-corrected chi connectivity index (χ0v) is 21.3. The van der Waals surface area contributed by atoms with Crippen LogP contribution in [0.15, 0.2) is 71.9 Å². The van der Waals surface area contributed by atoms with Gasteiger partial charge in [0.15, 0.2) is 11.0 Å². The Morgan fingerprint density at radius 3 is 2.69 bits per heavy atom. The smallest absolute Gasteiger partial charge is 0.319 e. The number of hydrogen-bond donors (Lipinski definition) is 2. The molecule has 9 heteroatoms. The van der Waals surface area contributed by atoms with Crippen LogP contribution in [0.2, 0.25) is 5.02 Å². The lowest BCUT2D eigenvalue weighted by molar-refractivity contribution is 0.251. The van der Waals surface area contributed by atoms with Crippen LogP contribution in [0, 0.1) is 13.8 Å². The topological polar surface area (TPSA) is 81.1 Å². The molecule has 2 amide bonds. The third-order valence-corrected chi connectivity index (χ3v) is 6.56. The van der Waals surface area contributed by atoms with E-state index in [4.69, 9.17) is 16.3 Å². The molecule has 1 heterocycles. The fourth-order valence-corrected chi connectivity index (χ4v) is 4.67. The average Bonchev–Trinajstić information content (AvgIpc) is 3.26. The second-order valence-corrected chi connectivity index (χ2v) is 9.33. The number of halogens is 1. The summed E-state index contributed by atoms with van der Waals surface area (Å²) in [6.07, 6.45) is 0. The standard InChI is InChI=1S/C26H26ClN5O2S/c1-17-7-6-8-19(13-17)16-35-26-31-30-24(32(26)22-14-20(27)12-11-18(22)2)15-28-25(33)29-21-9-4-5-10-23(21)34-3/h4-14H,15-16H2,1-3H3,(H2,28,29,33). The highest BCUT2D eigenvalue weighted by Crippen LogP contribution is 2.29. The SMILES string of the molecule is COc1ccccc1NC(=O)NCc1nnc(SCc2cccc(C)c2)n1-c1cc(Cl)ccc1C. The van der Waals surface area contributed by atoms with E-state index in [1.165, 1.54) is 11.1 Å². The highest BCUT2D eigenvalue weighted by Gasteiger charge is 2.18. The Balaban J connectivity index is 1.56. The maximum atomic E-state index is 12.6. The largest absolute Gasteiger partial charge is 0.495 e. The van der Waals surface area contributed by atoms with Crippen LogP contribution in [-0.2, 0) is 12.3 Å². The molecule has 3 aromatic carbocycles. The van der Waals surface area contributed by atoms with Gasteiger partial charge < -0.3 is 15.4 Å². The van der Waals surface area contributed by atoms with Crippen LogP contribution in [0.3, 0.4) is 0 Å². The number of thioether (sulfide) groups is 1. The molecule has 7 nitrogen and oxygen atoms in total. The Morgan fingerprint density at radius 2 is 1.89 bits per heavy atom. The predicted molar refractivity (Wildman–Crippen MR) is 141 cm³/mol. The molecule has 4 rings (SSSR count). The number of carbonyl (C=O) groups excluding carboxylic acids is 1. The Morgan fingerprint density at radius 1 is 1.06 bits per heavy atom. The first-order valence-electron chi connectivity index (χ1n) is 11.0. The van der Waals surface area contributed by atoms with E-state index in [0.717, 1.165) is 22.2 Å². The lowest BCUT2D eigenvalue weighted by Gasteiger charge is -2.14. The highest BCUT2D eigenvalue weighted by molar-refractivity contribution is 7.98. The van der Waals surface area contributed by atoms with Gasteiger partial charge in [-0.25, -0.2) is 4.79 Å². The van der Waals surface area contributed by atoms with E-state index in [-0.39, 0.29) is 12.6 Å². The van der Waals surface area contributed by atoms with Gasteiger partial charge in [-0.1, -0.05) is 71.4 Å². The molecule has 0 saturated carbocycles. The minimum atomic E-state index is -0.374. The summed E-state index contributed by atoms with van der Waals surface area (Å²) < 4.78 is 7.25. The van der Waals surface area contributed by atoms with Crippen molar-refractivity contribution in [3.05, 3.63) is 94.3 Å². The summed E-state index contributed by atoms with van der Waals surface area (Å²) >= 11 is 7.90. The third-order valence-electron chi connectivity index (χ3n) is 5.33. The fourth-order valence-electron chi connectivity index (χ4n) is 3.60. The molecular weight excluding hydrogens is 482 g/mol. The van der Waals surface area contributed by atoms with Crippen molar-refractivity contribution in [2.75, 3.05) is 12.4 Å². The van der Waals surface area contributed by atoms with Gasteiger partial charge in [-0.15, -0.1) is 10.2 Å². The minimum absolute atomic E-state index is 0.172. The van der Waals surface area contributed by atoms with E-state index < -0.39 is 0 Å². The van der Waals surface area contributed by atoms with Crippen molar-refractivity contribution >= 4 is 35.1 Å². The summed E-state index contributed by atoms with van der Waals surface area (Å²) in [5.41, 5.74) is 4.88. The molecule has 0 spiro atoms. The zero-order chi connectivity index (χ0) is 24.8. The van der Waals surface area contributed by atoms with Crippen LogP contribution in [0.5, 0.6) is 5.75 Å². The van der Waals surface area contributed by atoms with Gasteiger partial charge in [0.05, 0.1) is 25.0 Å². The molecule has 1 aromatic heterocycles. The summed E-state index contributed by atoms with van der Waals surface area (Å²) in [5, 5.41) is 15.8. The van der Waals surface area contributed by atoms with Gasteiger partial charge in [0.25, 0.3) is 0 Å². The number of nitrogens with zero attached hydrogens (tertiary/aromatic N) is 3. The Hall–Kier alpha value is -3.49. The number of aryl methyl sites for hydroxylation is 2. The third kappa shape index (κ3) is 6.15. The second-order valence-electron chi connectivity index (χ2n) is 7.95. The molecule has 0 atom stereocenters. The molecule has 0 saturated heterocycles. The van der Waals surface area contributed by atoms with Gasteiger partial charge in [-0.2, -0.15) is 0 Å². The number of carbonyl (C=O) groups is 1. The number of nitrogens with one attached hydrogen (secondary N) is 2. The summed E-state index contributed by atoms with van der Waals surface area (Å²) in [7, 11) is 1.56. The van der Waals surface area contributed by atoms with Gasteiger partial charge >= 0.3 is 6.03 Å². The Kier molecular flexibility index (Phi) is 7.94. The number of ether oxygens (including phenoxy) is 1. The molecule has 35 heavy (non-hydrogen) atoms. The van der Waals surface area contributed by atoms with Crippen LogP contribution >= 0.6 is 23.4 Å². The van der Waals surface area contributed by atoms with E-state index in [1.807, 2.05) is 47.9 Å². The second kappa shape index (κ2) is 11.3. The van der Waals surface area contributed by atoms with Gasteiger partial charge in [0, 0.05) is 10.8 Å². The van der Waals surface area contributed by atoms with Crippen LogP contribution < -0.4 is 15.4 Å². The zero-order valence-electron chi connectivity index (χ0n) is 19.7. The lowest BCUT2D eigenvalue weighted by Crippen LogP contribution is -2.29. The van der Waals surface area contributed by atoms with Crippen molar-refractivity contribution in [3.63, 3.8) is 0 Å². The van der Waals surface area contributed by atoms with E-state index >= 15 is 0 Å². The summed E-state index contributed by atoms with van der Waals surface area (Å²) in [6, 6.07) is 20.9. The number of anilines is 1. The van der Waals surface area contributed by atoms with Crippen LogP contribution in [-0.4, -0.2) is 27.9 Å². The molecule has 2 N–H and O–H groups in total. The number of benzene rings is 3. The van der Waals surface area contributed by atoms with Gasteiger partial charge in [-0.05, 0) is 49.2 Å². The number of hydrogen-bond acceptors (Lipinski definition) is 5. The first kappa shape index (κ1) is 24.6. The first-order valence-corrected chi connectivity index (χ1v) is 12.4. The van der Waals surface area contributed by atoms with E-state index in [2.05, 4.69) is 46.0 Å². The number of urea groups is 1. The fraction of sp³-hybridized carbons (Fsp3) is 0.192. The van der Waals surface area contributed by atoms with Gasteiger partial charge in [0.1, 0.15) is 5.75 Å². The first-order chi connectivity index (χ1) is 16.9. The minimum Gasteiger partial charge on any atom is -0.495 e. The van der Waals surface area contributed by atoms with Gasteiger partial charge in [-0.3, -0.25) is 4.57 Å². The molecule has 0 radical (unpaired) electrons. The summed E-state index contributed by atoms with van der Waals surface area (Å²) in [5.74, 6) is 1.91. The van der Waals surface area contributed by atoms with Crippen molar-refractivity contribution in [1.82, 2.24) is 20.1 Å². The maximum Gasteiger partial charge on any atom is 0.319 e. The average molecular weight is 508 g/mol. The molecule has 180 valence electrons. The van der Waals surface area contributed by atoms with Crippen molar-refractivity contribution < 1.29 is 9.53 Å². The monoisotopic (exact) mass is 507 g/mol. The number of aromatic nitrogens is 3. The molecule has 0 aliphatic rings. The molecule has 0 aliphatic carbocycles. The van der Waals surface area contributed by atoms with Crippen molar-refractivity contribution in [1.29, 1.82) is 0 Å². The molecule has 0 bridgehead atoms. The number of rotatable bonds is 8. The van der Waals surface area contributed by atoms with E-state index in [9.17, 15) is 4.79 Å². The van der Waals surface area contributed by atoms with Crippen molar-refractivity contribution in [2.45, 2.75) is 31.3 Å². The van der Waals surface area contributed by atoms with E-state index in [0.29, 0.717) is 22.3 Å². The van der Waals surface area contributed by atoms with E-state index in [1.54, 1.807) is 31.0 Å². The number of methoxy groups -OCH3 is 1. The Bertz CT molecular complexity index is 1340. The number of para-hydroxylation sites is 2. The number of amides is 2. The molecule has 0 aliphatic heterocycles. The maximum absolute atomic E-state index is 12.6. The highest BCUT2D eigenvalue weighted by atomic mass is 35.5. The molecule has 4 aromatic rings. The van der Waals surface area contributed by atoms with Gasteiger partial charge in [0.2, 0.25) is 0 Å². The van der Waals surface area contributed by atoms with Crippen LogP contribution in [0.25, 0.3) is 5.69 Å². The predicted octanol–water partition coefficient (Wildman–Crippen LogP) is 6.16. The van der Waals surface area contributed by atoms with Crippen molar-refractivity contribution in [2.24, 2.45) is 0 Å². The molecule has 0 fully saturated rings. The normalized spacial score (nSPS) is 10.7. The van der Waals surface area contributed by atoms with Crippen molar-refractivity contribution in [3.8, 4) is 11.4 Å². The summed E-state index contributed by atoms with van der Waals surface area (Å²) in [6.45, 7) is 4.25. The van der Waals surface area contributed by atoms with Crippen LogP contribution in [0.1, 0.15) is 22.5 Å². The molecular formula is C26H26ClN5O2S. The lowest BCUT2D eigenvalue weighted by atomic mass is 10.2. The quantitative estimate of drug-likeness (QED) is 0.279.